The SMILES string of the molecule is CCCCn1cc(C(=O)C(C)(C)C)c2ccccc21. The van der Waals surface area contributed by atoms with E-state index in [-0.39, 0.29) is 11.2 Å². The summed E-state index contributed by atoms with van der Waals surface area (Å²) in [6, 6.07) is 8.20. The Morgan fingerprint density at radius 1 is 1.21 bits per heavy atom. The van der Waals surface area contributed by atoms with Gasteiger partial charge in [0.2, 0.25) is 0 Å². The van der Waals surface area contributed by atoms with Crippen molar-refractivity contribution in [3.63, 3.8) is 0 Å². The highest BCUT2D eigenvalue weighted by Gasteiger charge is 2.26. The number of benzene rings is 1. The Hall–Kier alpha value is -1.57. The fourth-order valence-electron chi connectivity index (χ4n) is 2.35. The zero-order chi connectivity index (χ0) is 14.0. The number of aromatic nitrogens is 1. The number of aryl methyl sites for hydroxylation is 1. The van der Waals surface area contributed by atoms with Crippen molar-refractivity contribution in [3.8, 4) is 0 Å². The minimum absolute atomic E-state index is 0.221. The third-order valence-electron chi connectivity index (χ3n) is 3.47. The summed E-state index contributed by atoms with van der Waals surface area (Å²) >= 11 is 0. The predicted octanol–water partition coefficient (Wildman–Crippen LogP) is 4.67. The Kier molecular flexibility index (Phi) is 3.79. The number of rotatable bonds is 4. The zero-order valence-corrected chi connectivity index (χ0v) is 12.4. The molecule has 0 N–H and O–H groups in total. The van der Waals surface area contributed by atoms with Crippen molar-refractivity contribution in [3.05, 3.63) is 36.0 Å². The second-order valence-corrected chi connectivity index (χ2v) is 6.19. The molecule has 0 aliphatic rings. The summed E-state index contributed by atoms with van der Waals surface area (Å²) in [4.78, 5) is 12.6. The van der Waals surface area contributed by atoms with Crippen LogP contribution in [0.3, 0.4) is 0 Å². The van der Waals surface area contributed by atoms with E-state index in [1.807, 2.05) is 39.1 Å². The highest BCUT2D eigenvalue weighted by molar-refractivity contribution is 6.10. The van der Waals surface area contributed by atoms with Crippen LogP contribution in [0.1, 0.15) is 50.9 Å². The number of para-hydroxylation sites is 1. The first-order valence-electron chi connectivity index (χ1n) is 7.08. The van der Waals surface area contributed by atoms with Gasteiger partial charge in [-0.2, -0.15) is 0 Å². The number of Topliss-reactive ketones (excluding diaryl/α,β-unsaturated/α-hetero) is 1. The lowest BCUT2D eigenvalue weighted by Crippen LogP contribution is -2.19. The second-order valence-electron chi connectivity index (χ2n) is 6.19. The van der Waals surface area contributed by atoms with Crippen LogP contribution in [0.4, 0.5) is 0 Å². The van der Waals surface area contributed by atoms with Gasteiger partial charge in [0.15, 0.2) is 5.78 Å². The van der Waals surface area contributed by atoms with Crippen LogP contribution in [0.5, 0.6) is 0 Å². The molecule has 0 unspecified atom stereocenters. The van der Waals surface area contributed by atoms with E-state index in [1.54, 1.807) is 0 Å². The lowest BCUT2D eigenvalue weighted by atomic mass is 9.86. The van der Waals surface area contributed by atoms with Gasteiger partial charge in [-0.3, -0.25) is 4.79 Å². The van der Waals surface area contributed by atoms with Gasteiger partial charge in [0.25, 0.3) is 0 Å². The molecule has 0 amide bonds. The average molecular weight is 257 g/mol. The first kappa shape index (κ1) is 13.9. The van der Waals surface area contributed by atoms with Crippen LogP contribution < -0.4 is 0 Å². The Morgan fingerprint density at radius 2 is 1.89 bits per heavy atom. The van der Waals surface area contributed by atoms with Crippen molar-refractivity contribution in [2.45, 2.75) is 47.1 Å². The van der Waals surface area contributed by atoms with E-state index >= 15 is 0 Å². The molecular formula is C17H23NO. The second kappa shape index (κ2) is 5.20. The molecule has 0 aliphatic carbocycles. The third-order valence-corrected chi connectivity index (χ3v) is 3.47. The number of hydrogen-bond donors (Lipinski definition) is 0. The molecule has 1 heterocycles. The van der Waals surface area contributed by atoms with E-state index in [9.17, 15) is 4.79 Å². The largest absolute Gasteiger partial charge is 0.347 e. The Balaban J connectivity index is 2.53. The highest BCUT2D eigenvalue weighted by atomic mass is 16.1. The molecule has 0 spiro atoms. The average Bonchev–Trinajstić information content (AvgIpc) is 2.73. The molecule has 0 aliphatic heterocycles. The van der Waals surface area contributed by atoms with Crippen LogP contribution in [0.2, 0.25) is 0 Å². The summed E-state index contributed by atoms with van der Waals surface area (Å²) in [5.41, 5.74) is 1.70. The topological polar surface area (TPSA) is 22.0 Å². The van der Waals surface area contributed by atoms with Gasteiger partial charge in [-0.1, -0.05) is 52.3 Å². The third kappa shape index (κ3) is 2.73. The van der Waals surface area contributed by atoms with Crippen molar-refractivity contribution in [1.82, 2.24) is 4.57 Å². The lowest BCUT2D eigenvalue weighted by molar-refractivity contribution is 0.0860. The molecule has 102 valence electrons. The zero-order valence-electron chi connectivity index (χ0n) is 12.4. The Morgan fingerprint density at radius 3 is 2.53 bits per heavy atom. The number of carbonyl (C=O) groups is 1. The van der Waals surface area contributed by atoms with Crippen molar-refractivity contribution >= 4 is 16.7 Å². The van der Waals surface area contributed by atoms with Crippen LogP contribution >= 0.6 is 0 Å². The molecule has 2 rings (SSSR count). The summed E-state index contributed by atoms with van der Waals surface area (Å²) in [6.45, 7) is 9.11. The van der Waals surface area contributed by atoms with E-state index in [2.05, 4.69) is 23.6 Å². The molecule has 2 aromatic rings. The molecule has 0 saturated carbocycles. The predicted molar refractivity (Wildman–Crippen MR) is 80.6 cm³/mol. The summed E-state index contributed by atoms with van der Waals surface area (Å²) < 4.78 is 2.22. The summed E-state index contributed by atoms with van der Waals surface area (Å²) in [5, 5.41) is 1.08. The molecule has 2 nitrogen and oxygen atoms in total. The number of ketones is 1. The minimum Gasteiger partial charge on any atom is -0.347 e. The monoisotopic (exact) mass is 257 g/mol. The van der Waals surface area contributed by atoms with Crippen molar-refractivity contribution in [1.29, 1.82) is 0 Å². The fourth-order valence-corrected chi connectivity index (χ4v) is 2.35. The van der Waals surface area contributed by atoms with Gasteiger partial charge in [-0.05, 0) is 12.5 Å². The molecule has 19 heavy (non-hydrogen) atoms. The van der Waals surface area contributed by atoms with E-state index in [0.29, 0.717) is 0 Å². The maximum Gasteiger partial charge on any atom is 0.170 e. The first-order valence-corrected chi connectivity index (χ1v) is 7.08. The molecule has 0 atom stereocenters. The molecule has 2 heteroatoms. The normalized spacial score (nSPS) is 12.0. The van der Waals surface area contributed by atoms with Crippen LogP contribution in [0.15, 0.2) is 30.5 Å². The summed E-state index contributed by atoms with van der Waals surface area (Å²) in [7, 11) is 0. The van der Waals surface area contributed by atoms with E-state index < -0.39 is 0 Å². The molecule has 0 fully saturated rings. The van der Waals surface area contributed by atoms with E-state index in [1.165, 1.54) is 5.52 Å². The first-order chi connectivity index (χ1) is 8.95. The maximum absolute atomic E-state index is 12.6. The Bertz CT molecular complexity index is 587. The van der Waals surface area contributed by atoms with Crippen molar-refractivity contribution in [2.24, 2.45) is 5.41 Å². The standard InChI is InChI=1S/C17H23NO/c1-5-6-11-18-12-14(16(19)17(2,3)4)13-9-7-8-10-15(13)18/h7-10,12H,5-6,11H2,1-4H3. The minimum atomic E-state index is -0.334. The number of carbonyl (C=O) groups excluding carboxylic acids is 1. The number of fused-ring (bicyclic) bond motifs is 1. The van der Waals surface area contributed by atoms with Gasteiger partial charge in [-0.15, -0.1) is 0 Å². The summed E-state index contributed by atoms with van der Waals surface area (Å²) in [6.07, 6.45) is 4.34. The van der Waals surface area contributed by atoms with Gasteiger partial charge in [-0.25, -0.2) is 0 Å². The van der Waals surface area contributed by atoms with Crippen LogP contribution in [-0.2, 0) is 6.54 Å². The van der Waals surface area contributed by atoms with Gasteiger partial charge in [0.05, 0.1) is 0 Å². The molecular weight excluding hydrogens is 234 g/mol. The van der Waals surface area contributed by atoms with Gasteiger partial charge >= 0.3 is 0 Å². The molecule has 0 bridgehead atoms. The van der Waals surface area contributed by atoms with Gasteiger partial charge in [0, 0.05) is 34.6 Å². The van der Waals surface area contributed by atoms with Crippen molar-refractivity contribution < 1.29 is 4.79 Å². The van der Waals surface area contributed by atoms with Gasteiger partial charge in [0.1, 0.15) is 0 Å². The molecule has 1 aromatic carbocycles. The van der Waals surface area contributed by atoms with Crippen molar-refractivity contribution in [2.75, 3.05) is 0 Å². The maximum atomic E-state index is 12.6. The highest BCUT2D eigenvalue weighted by Crippen LogP contribution is 2.28. The smallest absolute Gasteiger partial charge is 0.170 e. The summed E-state index contributed by atoms with van der Waals surface area (Å²) in [5.74, 6) is 0.221. The van der Waals surface area contributed by atoms with Crippen LogP contribution in [-0.4, -0.2) is 10.4 Å². The lowest BCUT2D eigenvalue weighted by Gasteiger charge is -2.15. The molecule has 1 aromatic heterocycles. The van der Waals surface area contributed by atoms with E-state index in [0.717, 1.165) is 30.3 Å². The molecule has 0 radical (unpaired) electrons. The fraction of sp³-hybridized carbons (Fsp3) is 0.471. The van der Waals surface area contributed by atoms with Crippen LogP contribution in [0, 0.1) is 5.41 Å². The Labute approximate surface area is 115 Å². The molecule has 0 saturated heterocycles. The van der Waals surface area contributed by atoms with Gasteiger partial charge < -0.3 is 4.57 Å². The van der Waals surface area contributed by atoms with E-state index in [4.69, 9.17) is 0 Å². The number of unbranched alkanes of at least 4 members (excludes halogenated alkanes) is 1. The number of hydrogen-bond acceptors (Lipinski definition) is 1. The quantitative estimate of drug-likeness (QED) is 0.729. The number of nitrogens with zero attached hydrogens (tertiary/aromatic N) is 1. The van der Waals surface area contributed by atoms with Crippen LogP contribution in [0.25, 0.3) is 10.9 Å².